The van der Waals surface area contributed by atoms with E-state index in [-0.39, 0.29) is 0 Å². The number of halogens is 1. The van der Waals surface area contributed by atoms with E-state index >= 15 is 0 Å². The summed E-state index contributed by atoms with van der Waals surface area (Å²) in [6.45, 7) is 2.14. The summed E-state index contributed by atoms with van der Waals surface area (Å²) in [7, 11) is 0. The van der Waals surface area contributed by atoms with E-state index in [1.807, 2.05) is 18.3 Å². The Morgan fingerprint density at radius 2 is 2.38 bits per heavy atom. The molecule has 2 nitrogen and oxygen atoms in total. The van der Waals surface area contributed by atoms with Crippen LogP contribution in [0.2, 0.25) is 0 Å². The van der Waals surface area contributed by atoms with E-state index in [4.69, 9.17) is 4.42 Å². The molecule has 0 aliphatic carbocycles. The van der Waals surface area contributed by atoms with E-state index in [1.54, 1.807) is 0 Å². The largest absolute Gasteiger partial charge is 0.458 e. The Morgan fingerprint density at radius 1 is 1.54 bits per heavy atom. The molecule has 2 rings (SSSR count). The lowest BCUT2D eigenvalue weighted by atomic mass is 10.3. The standard InChI is InChI=1S/C10H10INO/c1-2-3-7-6-9-10(13-7)8(11)4-5-12-9/h4-6H,2-3H2,1H3. The minimum atomic E-state index is 0.923. The topological polar surface area (TPSA) is 26.0 Å². The van der Waals surface area contributed by atoms with Gasteiger partial charge < -0.3 is 4.42 Å². The van der Waals surface area contributed by atoms with E-state index in [1.165, 1.54) is 0 Å². The summed E-state index contributed by atoms with van der Waals surface area (Å²) < 4.78 is 6.80. The van der Waals surface area contributed by atoms with Crippen LogP contribution in [0.25, 0.3) is 11.1 Å². The van der Waals surface area contributed by atoms with Crippen LogP contribution in [0.5, 0.6) is 0 Å². The van der Waals surface area contributed by atoms with Gasteiger partial charge in [0.15, 0.2) is 5.58 Å². The van der Waals surface area contributed by atoms with Gasteiger partial charge in [-0.3, -0.25) is 4.98 Å². The summed E-state index contributed by atoms with van der Waals surface area (Å²) in [6, 6.07) is 3.99. The van der Waals surface area contributed by atoms with Crippen LogP contribution < -0.4 is 0 Å². The Bertz CT molecular complexity index is 422. The number of aromatic nitrogens is 1. The Kier molecular flexibility index (Phi) is 2.53. The molecule has 0 fully saturated rings. The molecule has 0 bridgehead atoms. The van der Waals surface area contributed by atoms with Crippen LogP contribution in [0, 0.1) is 3.57 Å². The van der Waals surface area contributed by atoms with Crippen molar-refractivity contribution in [2.75, 3.05) is 0 Å². The quantitative estimate of drug-likeness (QED) is 0.791. The van der Waals surface area contributed by atoms with Crippen molar-refractivity contribution in [1.82, 2.24) is 4.98 Å². The van der Waals surface area contributed by atoms with Crippen LogP contribution in [0.1, 0.15) is 19.1 Å². The first kappa shape index (κ1) is 8.99. The molecule has 0 aliphatic rings. The van der Waals surface area contributed by atoms with Crippen LogP contribution in [0.15, 0.2) is 22.7 Å². The van der Waals surface area contributed by atoms with Gasteiger partial charge in [-0.1, -0.05) is 6.92 Å². The fraction of sp³-hybridized carbons (Fsp3) is 0.300. The number of hydrogen-bond donors (Lipinski definition) is 0. The third-order valence-electron chi connectivity index (χ3n) is 1.91. The number of aryl methyl sites for hydroxylation is 1. The fourth-order valence-corrected chi connectivity index (χ4v) is 1.87. The van der Waals surface area contributed by atoms with Crippen molar-refractivity contribution in [1.29, 1.82) is 0 Å². The Hall–Kier alpha value is -0.580. The number of fused-ring (bicyclic) bond motifs is 1. The van der Waals surface area contributed by atoms with Gasteiger partial charge in [-0.25, -0.2) is 0 Å². The SMILES string of the molecule is CCCc1cc2nccc(I)c2o1. The van der Waals surface area contributed by atoms with Crippen LogP contribution in [-0.4, -0.2) is 4.98 Å². The molecule has 0 atom stereocenters. The fourth-order valence-electron chi connectivity index (χ4n) is 1.33. The Morgan fingerprint density at radius 3 is 3.08 bits per heavy atom. The van der Waals surface area contributed by atoms with Gasteiger partial charge in [-0.15, -0.1) is 0 Å². The molecule has 2 aromatic heterocycles. The zero-order valence-electron chi connectivity index (χ0n) is 7.38. The first-order chi connectivity index (χ1) is 6.31. The lowest BCUT2D eigenvalue weighted by Crippen LogP contribution is -1.74. The molecule has 0 spiro atoms. The van der Waals surface area contributed by atoms with Gasteiger partial charge in [-0.2, -0.15) is 0 Å². The minimum absolute atomic E-state index is 0.923. The monoisotopic (exact) mass is 287 g/mol. The zero-order chi connectivity index (χ0) is 9.26. The maximum atomic E-state index is 5.67. The van der Waals surface area contributed by atoms with Crippen LogP contribution in [0.3, 0.4) is 0 Å². The lowest BCUT2D eigenvalue weighted by molar-refractivity contribution is 0.543. The molecule has 0 radical (unpaired) electrons. The highest BCUT2D eigenvalue weighted by Gasteiger charge is 2.06. The molecule has 0 saturated carbocycles. The minimum Gasteiger partial charge on any atom is -0.458 e. The van der Waals surface area contributed by atoms with Crippen molar-refractivity contribution in [3.05, 3.63) is 27.7 Å². The number of hydrogen-bond acceptors (Lipinski definition) is 2. The maximum absolute atomic E-state index is 5.67. The molecule has 0 aliphatic heterocycles. The van der Waals surface area contributed by atoms with Gasteiger partial charge in [0.1, 0.15) is 11.3 Å². The van der Waals surface area contributed by atoms with Gasteiger partial charge in [0.25, 0.3) is 0 Å². The average Bonchev–Trinajstić information content (AvgIpc) is 2.49. The molecule has 0 unspecified atom stereocenters. The van der Waals surface area contributed by atoms with Crippen molar-refractivity contribution in [2.45, 2.75) is 19.8 Å². The molecule has 2 aromatic rings. The van der Waals surface area contributed by atoms with Crippen molar-refractivity contribution in [3.63, 3.8) is 0 Å². The second-order valence-electron chi connectivity index (χ2n) is 2.97. The smallest absolute Gasteiger partial charge is 0.165 e. The van der Waals surface area contributed by atoms with E-state index in [2.05, 4.69) is 34.5 Å². The van der Waals surface area contributed by atoms with Crippen molar-refractivity contribution >= 4 is 33.7 Å². The summed E-state index contributed by atoms with van der Waals surface area (Å²) in [5.41, 5.74) is 1.89. The normalized spacial score (nSPS) is 10.9. The number of nitrogens with zero attached hydrogens (tertiary/aromatic N) is 1. The highest BCUT2D eigenvalue weighted by atomic mass is 127. The van der Waals surface area contributed by atoms with Gasteiger partial charge in [0.05, 0.1) is 3.57 Å². The average molecular weight is 287 g/mol. The molecule has 0 aromatic carbocycles. The van der Waals surface area contributed by atoms with Gasteiger partial charge in [-0.05, 0) is 35.1 Å². The molecule has 0 saturated heterocycles. The second-order valence-corrected chi connectivity index (χ2v) is 4.13. The Balaban J connectivity index is 2.55. The molecular weight excluding hydrogens is 277 g/mol. The zero-order valence-corrected chi connectivity index (χ0v) is 9.54. The predicted molar refractivity (Wildman–Crippen MR) is 60.7 cm³/mol. The maximum Gasteiger partial charge on any atom is 0.165 e. The van der Waals surface area contributed by atoms with Crippen molar-refractivity contribution in [2.24, 2.45) is 0 Å². The highest BCUT2D eigenvalue weighted by molar-refractivity contribution is 14.1. The van der Waals surface area contributed by atoms with Crippen LogP contribution >= 0.6 is 22.6 Å². The third-order valence-corrected chi connectivity index (χ3v) is 2.76. The summed E-state index contributed by atoms with van der Waals surface area (Å²) in [6.07, 6.45) is 3.91. The van der Waals surface area contributed by atoms with E-state index < -0.39 is 0 Å². The van der Waals surface area contributed by atoms with E-state index in [0.717, 1.165) is 33.3 Å². The first-order valence-electron chi connectivity index (χ1n) is 4.34. The molecule has 3 heteroatoms. The number of rotatable bonds is 2. The molecule has 2 heterocycles. The lowest BCUT2D eigenvalue weighted by Gasteiger charge is -1.90. The third kappa shape index (κ3) is 1.70. The Labute approximate surface area is 90.5 Å². The van der Waals surface area contributed by atoms with Crippen LogP contribution in [-0.2, 0) is 6.42 Å². The van der Waals surface area contributed by atoms with Gasteiger partial charge >= 0.3 is 0 Å². The molecule has 0 N–H and O–H groups in total. The number of pyridine rings is 1. The van der Waals surface area contributed by atoms with Crippen molar-refractivity contribution < 1.29 is 4.42 Å². The second kappa shape index (κ2) is 3.65. The molecule has 13 heavy (non-hydrogen) atoms. The predicted octanol–water partition coefficient (Wildman–Crippen LogP) is 3.38. The molecule has 0 amide bonds. The summed E-state index contributed by atoms with van der Waals surface area (Å²) >= 11 is 2.27. The molecular formula is C10H10INO. The summed E-state index contributed by atoms with van der Waals surface area (Å²) in [5, 5.41) is 0. The summed E-state index contributed by atoms with van der Waals surface area (Å²) in [4.78, 5) is 4.25. The highest BCUT2D eigenvalue weighted by Crippen LogP contribution is 2.22. The van der Waals surface area contributed by atoms with Crippen molar-refractivity contribution in [3.8, 4) is 0 Å². The van der Waals surface area contributed by atoms with E-state index in [0.29, 0.717) is 0 Å². The molecule has 68 valence electrons. The van der Waals surface area contributed by atoms with Gasteiger partial charge in [0.2, 0.25) is 0 Å². The first-order valence-corrected chi connectivity index (χ1v) is 5.42. The summed E-state index contributed by atoms with van der Waals surface area (Å²) in [5.74, 6) is 1.04. The van der Waals surface area contributed by atoms with E-state index in [9.17, 15) is 0 Å². The van der Waals surface area contributed by atoms with Crippen LogP contribution in [0.4, 0.5) is 0 Å². The number of furan rings is 1. The van der Waals surface area contributed by atoms with Gasteiger partial charge in [0, 0.05) is 18.7 Å².